The molecule has 0 aromatic heterocycles. The second-order valence-electron chi connectivity index (χ2n) is 4.35. The van der Waals surface area contributed by atoms with Gasteiger partial charge in [-0.05, 0) is 24.6 Å². The second-order valence-corrected chi connectivity index (χ2v) is 6.24. The van der Waals surface area contributed by atoms with Gasteiger partial charge in [0.25, 0.3) is 10.0 Å². The van der Waals surface area contributed by atoms with Gasteiger partial charge in [-0.3, -0.25) is 5.84 Å². The summed E-state index contributed by atoms with van der Waals surface area (Å²) in [6.45, 7) is 2.05. The molecule has 0 aliphatic heterocycles. The average Bonchev–Trinajstić information content (AvgIpc) is 2.40. The molecular weight excluding hydrogens is 260 g/mol. The maximum absolute atomic E-state index is 12.2. The molecule has 100 valence electrons. The first-order valence-electron chi connectivity index (χ1n) is 5.88. The summed E-state index contributed by atoms with van der Waals surface area (Å²) >= 11 is 0. The molecule has 2 rings (SSSR count). The van der Waals surface area contributed by atoms with Gasteiger partial charge in [0.1, 0.15) is 0 Å². The summed E-state index contributed by atoms with van der Waals surface area (Å²) in [5.41, 5.74) is 1.85. The van der Waals surface area contributed by atoms with Crippen LogP contribution in [-0.2, 0) is 16.6 Å². The average molecular weight is 276 g/mol. The first-order chi connectivity index (χ1) is 9.00. The van der Waals surface area contributed by atoms with Crippen LogP contribution in [0.2, 0.25) is 0 Å². The van der Waals surface area contributed by atoms with E-state index in [0.717, 1.165) is 15.5 Å². The molecule has 2 N–H and O–H groups in total. The highest BCUT2D eigenvalue weighted by Crippen LogP contribution is 2.15. The summed E-state index contributed by atoms with van der Waals surface area (Å²) in [6.07, 6.45) is 0. The van der Waals surface area contributed by atoms with Crippen molar-refractivity contribution in [3.8, 4) is 0 Å². The van der Waals surface area contributed by atoms with Gasteiger partial charge in [0.15, 0.2) is 0 Å². The lowest BCUT2D eigenvalue weighted by molar-refractivity contribution is 0.422. The van der Waals surface area contributed by atoms with E-state index >= 15 is 0 Å². The highest BCUT2D eigenvalue weighted by molar-refractivity contribution is 7.89. The Morgan fingerprint density at radius 1 is 1.00 bits per heavy atom. The van der Waals surface area contributed by atoms with Crippen LogP contribution in [-0.4, -0.2) is 12.8 Å². The predicted octanol–water partition coefficient (Wildman–Crippen LogP) is 2.06. The zero-order chi connectivity index (χ0) is 13.9. The fraction of sp³-hybridized carbons (Fsp3) is 0.143. The minimum atomic E-state index is -3.64. The van der Waals surface area contributed by atoms with E-state index in [0.29, 0.717) is 0 Å². The molecule has 0 saturated carbocycles. The van der Waals surface area contributed by atoms with Crippen molar-refractivity contribution in [2.45, 2.75) is 18.4 Å². The number of benzene rings is 2. The molecule has 0 heterocycles. The van der Waals surface area contributed by atoms with Crippen LogP contribution in [0.4, 0.5) is 0 Å². The Kier molecular flexibility index (Phi) is 3.99. The van der Waals surface area contributed by atoms with Crippen molar-refractivity contribution in [3.63, 3.8) is 0 Å². The Morgan fingerprint density at radius 3 is 2.16 bits per heavy atom. The van der Waals surface area contributed by atoms with Gasteiger partial charge >= 0.3 is 0 Å². The molecule has 0 amide bonds. The predicted molar refractivity (Wildman–Crippen MR) is 74.5 cm³/mol. The number of hydrogen-bond donors (Lipinski definition) is 1. The van der Waals surface area contributed by atoms with Crippen LogP contribution >= 0.6 is 0 Å². The van der Waals surface area contributed by atoms with Gasteiger partial charge in [-0.1, -0.05) is 48.0 Å². The second kappa shape index (κ2) is 5.52. The molecule has 0 fully saturated rings. The number of nitrogens with zero attached hydrogens (tertiary/aromatic N) is 1. The minimum absolute atomic E-state index is 0.150. The molecule has 4 nitrogen and oxygen atoms in total. The fourth-order valence-electron chi connectivity index (χ4n) is 1.69. The maximum Gasteiger partial charge on any atom is 0.255 e. The zero-order valence-electron chi connectivity index (χ0n) is 10.7. The zero-order valence-corrected chi connectivity index (χ0v) is 11.5. The third-order valence-corrected chi connectivity index (χ3v) is 4.42. The highest BCUT2D eigenvalue weighted by Gasteiger charge is 2.21. The molecule has 2 aromatic rings. The molecule has 0 radical (unpaired) electrons. The summed E-state index contributed by atoms with van der Waals surface area (Å²) in [4.78, 5) is 0.205. The third-order valence-electron chi connectivity index (χ3n) is 2.81. The van der Waals surface area contributed by atoms with E-state index in [-0.39, 0.29) is 11.4 Å². The largest absolute Gasteiger partial charge is 0.255 e. The molecule has 0 atom stereocenters. The summed E-state index contributed by atoms with van der Waals surface area (Å²) in [5, 5.41) is 0. The van der Waals surface area contributed by atoms with E-state index < -0.39 is 10.0 Å². The molecular formula is C14H16N2O2S. The van der Waals surface area contributed by atoms with Gasteiger partial charge in [0.2, 0.25) is 0 Å². The van der Waals surface area contributed by atoms with Crippen LogP contribution in [0.3, 0.4) is 0 Å². The van der Waals surface area contributed by atoms with Crippen molar-refractivity contribution in [2.24, 2.45) is 5.84 Å². The normalized spacial score (nSPS) is 11.7. The Balaban J connectivity index is 2.22. The molecule has 0 aliphatic carbocycles. The van der Waals surface area contributed by atoms with Crippen molar-refractivity contribution in [1.29, 1.82) is 0 Å². The van der Waals surface area contributed by atoms with Crippen LogP contribution in [0.15, 0.2) is 59.5 Å². The summed E-state index contributed by atoms with van der Waals surface area (Å²) in [5.74, 6) is 5.70. The number of sulfonamides is 1. The van der Waals surface area contributed by atoms with Gasteiger partial charge in [-0.2, -0.15) is 0 Å². The lowest BCUT2D eigenvalue weighted by Gasteiger charge is -2.16. The van der Waals surface area contributed by atoms with Crippen molar-refractivity contribution < 1.29 is 8.42 Å². The Bertz CT molecular complexity index is 637. The summed E-state index contributed by atoms with van der Waals surface area (Å²) in [6, 6.07) is 15.9. The molecule has 0 unspecified atom stereocenters. The number of nitrogens with two attached hydrogens (primary N) is 1. The molecule has 0 saturated heterocycles. The fourth-order valence-corrected chi connectivity index (χ4v) is 2.76. The number of rotatable bonds is 4. The van der Waals surface area contributed by atoms with E-state index in [1.807, 2.05) is 37.3 Å². The Morgan fingerprint density at radius 2 is 1.58 bits per heavy atom. The Labute approximate surface area is 113 Å². The van der Waals surface area contributed by atoms with E-state index in [1.54, 1.807) is 24.3 Å². The van der Waals surface area contributed by atoms with Crippen LogP contribution < -0.4 is 5.84 Å². The molecule has 0 aliphatic rings. The standard InChI is InChI=1S/C14H16N2O2S/c1-12-7-9-14(10-8-12)19(17,18)16(15)11-13-5-3-2-4-6-13/h2-10H,11,15H2,1H3. The summed E-state index contributed by atoms with van der Waals surface area (Å²) in [7, 11) is -3.64. The minimum Gasteiger partial charge on any atom is -0.254 e. The lowest BCUT2D eigenvalue weighted by Crippen LogP contribution is -2.36. The first kappa shape index (κ1) is 13.7. The first-order valence-corrected chi connectivity index (χ1v) is 7.32. The van der Waals surface area contributed by atoms with Crippen LogP contribution in [0.5, 0.6) is 0 Å². The quantitative estimate of drug-likeness (QED) is 0.686. The van der Waals surface area contributed by atoms with Gasteiger partial charge < -0.3 is 0 Å². The van der Waals surface area contributed by atoms with Crippen LogP contribution in [0, 0.1) is 6.92 Å². The smallest absolute Gasteiger partial charge is 0.254 e. The van der Waals surface area contributed by atoms with E-state index in [4.69, 9.17) is 5.84 Å². The lowest BCUT2D eigenvalue weighted by atomic mass is 10.2. The van der Waals surface area contributed by atoms with E-state index in [9.17, 15) is 8.42 Å². The third kappa shape index (κ3) is 3.20. The molecule has 19 heavy (non-hydrogen) atoms. The van der Waals surface area contributed by atoms with Crippen molar-refractivity contribution in [3.05, 3.63) is 65.7 Å². The Hall–Kier alpha value is -1.69. The van der Waals surface area contributed by atoms with Crippen molar-refractivity contribution >= 4 is 10.0 Å². The van der Waals surface area contributed by atoms with Crippen molar-refractivity contribution in [1.82, 2.24) is 4.41 Å². The summed E-state index contributed by atoms with van der Waals surface area (Å²) < 4.78 is 25.4. The van der Waals surface area contributed by atoms with Gasteiger partial charge in [0.05, 0.1) is 11.4 Å². The van der Waals surface area contributed by atoms with Crippen molar-refractivity contribution in [2.75, 3.05) is 0 Å². The number of hydrogen-bond acceptors (Lipinski definition) is 3. The van der Waals surface area contributed by atoms with Crippen LogP contribution in [0.1, 0.15) is 11.1 Å². The van der Waals surface area contributed by atoms with E-state index in [2.05, 4.69) is 0 Å². The van der Waals surface area contributed by atoms with E-state index in [1.165, 1.54) is 0 Å². The molecule has 0 spiro atoms. The molecule has 0 bridgehead atoms. The molecule has 2 aromatic carbocycles. The topological polar surface area (TPSA) is 63.4 Å². The van der Waals surface area contributed by atoms with Gasteiger partial charge in [0, 0.05) is 0 Å². The SMILES string of the molecule is Cc1ccc(S(=O)(=O)N(N)Cc2ccccc2)cc1. The van der Waals surface area contributed by atoms with Crippen LogP contribution in [0.25, 0.3) is 0 Å². The monoisotopic (exact) mass is 276 g/mol. The molecule has 5 heteroatoms. The van der Waals surface area contributed by atoms with Gasteiger partial charge in [-0.25, -0.2) is 8.42 Å². The number of aryl methyl sites for hydroxylation is 1. The number of hydrazine groups is 1. The van der Waals surface area contributed by atoms with Gasteiger partial charge in [-0.15, -0.1) is 4.41 Å². The maximum atomic E-state index is 12.2. The highest BCUT2D eigenvalue weighted by atomic mass is 32.2.